The number of sulfonamides is 1. The summed E-state index contributed by atoms with van der Waals surface area (Å²) in [4.78, 5) is 0.182. The molecule has 0 saturated heterocycles. The van der Waals surface area contributed by atoms with Crippen LogP contribution in [0.2, 0.25) is 10.0 Å². The van der Waals surface area contributed by atoms with Gasteiger partial charge in [0.25, 0.3) is 0 Å². The van der Waals surface area contributed by atoms with E-state index in [0.29, 0.717) is 20.1 Å². The van der Waals surface area contributed by atoms with Gasteiger partial charge in [-0.3, -0.25) is 0 Å². The Kier molecular flexibility index (Phi) is 5.33. The van der Waals surface area contributed by atoms with Crippen LogP contribution in [0.4, 0.5) is 0 Å². The summed E-state index contributed by atoms with van der Waals surface area (Å²) in [5, 5.41) is 0.925. The molecule has 0 spiro atoms. The van der Waals surface area contributed by atoms with Gasteiger partial charge in [-0.1, -0.05) is 41.4 Å². The Hall–Kier alpha value is -0.590. The van der Waals surface area contributed by atoms with E-state index < -0.39 is 16.1 Å². The first-order valence-electron chi connectivity index (χ1n) is 6.03. The molecule has 0 amide bonds. The minimum atomic E-state index is -3.65. The highest BCUT2D eigenvalue weighted by molar-refractivity contribution is 9.10. The van der Waals surface area contributed by atoms with Crippen molar-refractivity contribution in [1.82, 2.24) is 4.72 Å². The van der Waals surface area contributed by atoms with Crippen LogP contribution in [0, 0.1) is 0 Å². The van der Waals surface area contributed by atoms with Crippen LogP contribution in [0.5, 0.6) is 0 Å². The molecule has 0 heterocycles. The van der Waals surface area contributed by atoms with Crippen LogP contribution < -0.4 is 4.72 Å². The van der Waals surface area contributed by atoms with E-state index in [1.165, 1.54) is 6.07 Å². The Labute approximate surface area is 142 Å². The minimum Gasteiger partial charge on any atom is -0.207 e. The Balaban J connectivity index is 2.30. The maximum atomic E-state index is 12.4. The lowest BCUT2D eigenvalue weighted by Crippen LogP contribution is -2.27. The number of benzene rings is 2. The molecule has 3 nitrogen and oxygen atoms in total. The molecule has 1 N–H and O–H groups in total. The van der Waals surface area contributed by atoms with Gasteiger partial charge in [-0.05, 0) is 52.7 Å². The Morgan fingerprint density at radius 3 is 2.43 bits per heavy atom. The SMILES string of the molecule is CC(NS(=O)(=O)c1ccccc1Br)c1ccc(Cl)cc1Cl. The van der Waals surface area contributed by atoms with E-state index in [2.05, 4.69) is 20.7 Å². The molecule has 0 aromatic heterocycles. The van der Waals surface area contributed by atoms with Crippen LogP contribution in [0.15, 0.2) is 51.8 Å². The third-order valence-electron chi connectivity index (χ3n) is 2.89. The van der Waals surface area contributed by atoms with Gasteiger partial charge in [0.15, 0.2) is 0 Å². The maximum Gasteiger partial charge on any atom is 0.242 e. The summed E-state index contributed by atoms with van der Waals surface area (Å²) in [5.74, 6) is 0. The molecule has 112 valence electrons. The van der Waals surface area contributed by atoms with Crippen molar-refractivity contribution in [2.24, 2.45) is 0 Å². The van der Waals surface area contributed by atoms with Gasteiger partial charge in [-0.2, -0.15) is 0 Å². The fourth-order valence-electron chi connectivity index (χ4n) is 1.88. The largest absolute Gasteiger partial charge is 0.242 e. The van der Waals surface area contributed by atoms with Gasteiger partial charge in [-0.15, -0.1) is 0 Å². The molecule has 0 bridgehead atoms. The first kappa shape index (κ1) is 16.8. The van der Waals surface area contributed by atoms with Crippen molar-refractivity contribution >= 4 is 49.2 Å². The summed E-state index contributed by atoms with van der Waals surface area (Å²) in [6.07, 6.45) is 0. The molecule has 0 aliphatic rings. The highest BCUT2D eigenvalue weighted by atomic mass is 79.9. The van der Waals surface area contributed by atoms with Crippen LogP contribution in [0.3, 0.4) is 0 Å². The van der Waals surface area contributed by atoms with E-state index in [1.807, 2.05) is 0 Å². The molecule has 2 aromatic carbocycles. The minimum absolute atomic E-state index is 0.182. The normalized spacial score (nSPS) is 13.1. The molecule has 0 radical (unpaired) electrons. The van der Waals surface area contributed by atoms with E-state index in [1.54, 1.807) is 43.3 Å². The van der Waals surface area contributed by atoms with Crippen molar-refractivity contribution in [2.45, 2.75) is 17.9 Å². The van der Waals surface area contributed by atoms with E-state index in [4.69, 9.17) is 23.2 Å². The number of nitrogens with one attached hydrogen (secondary N) is 1. The highest BCUT2D eigenvalue weighted by Gasteiger charge is 2.21. The van der Waals surface area contributed by atoms with Crippen molar-refractivity contribution in [2.75, 3.05) is 0 Å². The number of rotatable bonds is 4. The van der Waals surface area contributed by atoms with E-state index in [0.717, 1.165) is 0 Å². The van der Waals surface area contributed by atoms with Crippen molar-refractivity contribution in [1.29, 1.82) is 0 Å². The predicted molar refractivity (Wildman–Crippen MR) is 89.3 cm³/mol. The molecular weight excluding hydrogens is 397 g/mol. The first-order chi connectivity index (χ1) is 9.81. The van der Waals surface area contributed by atoms with Crippen LogP contribution in [-0.4, -0.2) is 8.42 Å². The molecule has 0 saturated carbocycles. The zero-order chi connectivity index (χ0) is 15.6. The average molecular weight is 409 g/mol. The molecule has 1 atom stereocenters. The summed E-state index contributed by atoms with van der Waals surface area (Å²) in [6.45, 7) is 1.73. The van der Waals surface area contributed by atoms with Crippen molar-refractivity contribution in [3.05, 3.63) is 62.5 Å². The van der Waals surface area contributed by atoms with Gasteiger partial charge >= 0.3 is 0 Å². The second-order valence-corrected chi connectivity index (χ2v) is 7.82. The maximum absolute atomic E-state index is 12.4. The van der Waals surface area contributed by atoms with E-state index >= 15 is 0 Å². The van der Waals surface area contributed by atoms with Gasteiger partial charge in [0.1, 0.15) is 0 Å². The lowest BCUT2D eigenvalue weighted by atomic mass is 10.1. The molecule has 0 aliphatic heterocycles. The molecule has 2 rings (SSSR count). The molecule has 1 unspecified atom stereocenters. The molecule has 0 aliphatic carbocycles. The molecule has 7 heteroatoms. The van der Waals surface area contributed by atoms with Gasteiger partial charge in [0.05, 0.1) is 4.90 Å². The third-order valence-corrected chi connectivity index (χ3v) is 6.00. The van der Waals surface area contributed by atoms with Gasteiger partial charge in [-0.25, -0.2) is 13.1 Å². The molecule has 2 aromatic rings. The third kappa shape index (κ3) is 3.99. The van der Waals surface area contributed by atoms with Crippen molar-refractivity contribution in [3.8, 4) is 0 Å². The van der Waals surface area contributed by atoms with Gasteiger partial charge in [0.2, 0.25) is 10.0 Å². The van der Waals surface area contributed by atoms with E-state index in [-0.39, 0.29) is 4.90 Å². The Bertz CT molecular complexity index is 765. The number of hydrogen-bond donors (Lipinski definition) is 1. The van der Waals surface area contributed by atoms with Crippen LogP contribution in [0.1, 0.15) is 18.5 Å². The second-order valence-electron chi connectivity index (χ2n) is 4.44. The molecular formula is C14H12BrCl2NO2S. The van der Waals surface area contributed by atoms with Crippen molar-refractivity contribution < 1.29 is 8.42 Å². The first-order valence-corrected chi connectivity index (χ1v) is 9.06. The summed E-state index contributed by atoms with van der Waals surface area (Å²) < 4.78 is 27.9. The van der Waals surface area contributed by atoms with E-state index in [9.17, 15) is 8.42 Å². The quantitative estimate of drug-likeness (QED) is 0.789. The summed E-state index contributed by atoms with van der Waals surface area (Å²) in [7, 11) is -3.65. The standard InChI is InChI=1S/C14H12BrCl2NO2S/c1-9(11-7-6-10(16)8-13(11)17)18-21(19,20)14-5-3-2-4-12(14)15/h2-9,18H,1H3. The zero-order valence-electron chi connectivity index (χ0n) is 11.0. The topological polar surface area (TPSA) is 46.2 Å². The Morgan fingerprint density at radius 2 is 1.81 bits per heavy atom. The monoisotopic (exact) mass is 407 g/mol. The Morgan fingerprint density at radius 1 is 1.14 bits per heavy atom. The van der Waals surface area contributed by atoms with Crippen LogP contribution in [0.25, 0.3) is 0 Å². The average Bonchev–Trinajstić information content (AvgIpc) is 2.38. The smallest absolute Gasteiger partial charge is 0.207 e. The summed E-state index contributed by atoms with van der Waals surface area (Å²) >= 11 is 15.2. The number of hydrogen-bond acceptors (Lipinski definition) is 2. The number of halogens is 3. The fourth-order valence-corrected chi connectivity index (χ4v) is 4.67. The molecule has 0 fully saturated rings. The summed E-state index contributed by atoms with van der Waals surface area (Å²) in [6, 6.07) is 11.1. The predicted octanol–water partition coefficient (Wildman–Crippen LogP) is 4.80. The van der Waals surface area contributed by atoms with Crippen LogP contribution in [-0.2, 0) is 10.0 Å². The molecule has 21 heavy (non-hydrogen) atoms. The zero-order valence-corrected chi connectivity index (χ0v) is 14.9. The fraction of sp³-hybridized carbons (Fsp3) is 0.143. The highest BCUT2D eigenvalue weighted by Crippen LogP contribution is 2.28. The van der Waals surface area contributed by atoms with Gasteiger partial charge < -0.3 is 0 Å². The van der Waals surface area contributed by atoms with Crippen LogP contribution >= 0.6 is 39.1 Å². The van der Waals surface area contributed by atoms with Gasteiger partial charge in [0, 0.05) is 20.6 Å². The summed E-state index contributed by atoms with van der Waals surface area (Å²) in [5.41, 5.74) is 0.664. The lowest BCUT2D eigenvalue weighted by Gasteiger charge is -2.16. The second kappa shape index (κ2) is 6.67. The lowest BCUT2D eigenvalue weighted by molar-refractivity contribution is 0.566. The van der Waals surface area contributed by atoms with Crippen molar-refractivity contribution in [3.63, 3.8) is 0 Å².